The highest BCUT2D eigenvalue weighted by Gasteiger charge is 2.26. The summed E-state index contributed by atoms with van der Waals surface area (Å²) in [5.41, 5.74) is 0.824. The Morgan fingerprint density at radius 3 is 2.92 bits per heavy atom. The van der Waals surface area contributed by atoms with Crippen LogP contribution in [0.3, 0.4) is 0 Å². The third kappa shape index (κ3) is 1.90. The minimum absolute atomic E-state index is 0.0997. The monoisotopic (exact) mass is 278 g/mol. The molecule has 12 heavy (non-hydrogen) atoms. The van der Waals surface area contributed by atoms with E-state index < -0.39 is 0 Å². The minimum atomic E-state index is 0.0997. The maximum absolute atomic E-state index is 8.70. The van der Waals surface area contributed by atoms with Crippen LogP contribution in [0.5, 0.6) is 0 Å². The van der Waals surface area contributed by atoms with Crippen LogP contribution in [0.25, 0.3) is 0 Å². The van der Waals surface area contributed by atoms with Crippen molar-refractivity contribution in [3.8, 4) is 6.07 Å². The van der Waals surface area contributed by atoms with E-state index in [9.17, 15) is 0 Å². The molecule has 1 aliphatic rings. The van der Waals surface area contributed by atoms with Crippen LogP contribution < -0.4 is 0 Å². The SMILES string of the molecule is CO[C@@H]1[C@@H](I)CC(C#N)=CN1C. The lowest BCUT2D eigenvalue weighted by atomic mass is 10.1. The Labute approximate surface area is 86.1 Å². The van der Waals surface area contributed by atoms with E-state index in [1.807, 2.05) is 18.1 Å². The van der Waals surface area contributed by atoms with Gasteiger partial charge in [0.05, 0.1) is 9.99 Å². The van der Waals surface area contributed by atoms with Crippen molar-refractivity contribution in [2.45, 2.75) is 16.6 Å². The van der Waals surface area contributed by atoms with Gasteiger partial charge in [-0.1, -0.05) is 22.6 Å². The van der Waals surface area contributed by atoms with E-state index >= 15 is 0 Å². The Hall–Kier alpha value is -0.280. The van der Waals surface area contributed by atoms with Gasteiger partial charge < -0.3 is 9.64 Å². The molecule has 0 N–H and O–H groups in total. The third-order valence-electron chi connectivity index (χ3n) is 1.87. The van der Waals surface area contributed by atoms with Crippen LogP contribution in [-0.2, 0) is 4.74 Å². The van der Waals surface area contributed by atoms with Gasteiger partial charge in [-0.15, -0.1) is 0 Å². The molecule has 4 heteroatoms. The van der Waals surface area contributed by atoms with Crippen LogP contribution >= 0.6 is 22.6 Å². The van der Waals surface area contributed by atoms with Crippen molar-refractivity contribution in [1.29, 1.82) is 5.26 Å². The highest BCUT2D eigenvalue weighted by atomic mass is 127. The zero-order valence-electron chi connectivity index (χ0n) is 7.12. The van der Waals surface area contributed by atoms with Crippen LogP contribution in [0, 0.1) is 11.3 Å². The molecular weight excluding hydrogens is 267 g/mol. The third-order valence-corrected chi connectivity index (χ3v) is 2.93. The predicted molar refractivity (Wildman–Crippen MR) is 54.7 cm³/mol. The standard InChI is InChI=1S/C8H11IN2O/c1-11-5-6(4-10)3-7(9)8(11)12-2/h5,7-8H,3H2,1-2H3/t7-,8+/m0/s1. The highest BCUT2D eigenvalue weighted by Crippen LogP contribution is 2.25. The summed E-state index contributed by atoms with van der Waals surface area (Å²) < 4.78 is 5.63. The molecule has 1 aliphatic heterocycles. The largest absolute Gasteiger partial charge is 0.361 e. The van der Waals surface area contributed by atoms with Gasteiger partial charge in [0.25, 0.3) is 0 Å². The molecule has 1 heterocycles. The zero-order valence-corrected chi connectivity index (χ0v) is 9.28. The molecule has 0 saturated carbocycles. The van der Waals surface area contributed by atoms with Gasteiger partial charge in [0, 0.05) is 25.9 Å². The van der Waals surface area contributed by atoms with Gasteiger partial charge in [0.2, 0.25) is 0 Å². The fourth-order valence-electron chi connectivity index (χ4n) is 1.33. The predicted octanol–water partition coefficient (Wildman–Crippen LogP) is 1.51. The summed E-state index contributed by atoms with van der Waals surface area (Å²) >= 11 is 2.31. The number of rotatable bonds is 1. The molecule has 0 radical (unpaired) electrons. The number of ether oxygens (including phenoxy) is 1. The quantitative estimate of drug-likeness (QED) is 0.539. The summed E-state index contributed by atoms with van der Waals surface area (Å²) in [7, 11) is 3.62. The number of nitrogens with zero attached hydrogens (tertiary/aromatic N) is 2. The molecule has 0 spiro atoms. The van der Waals surface area contributed by atoms with Crippen LogP contribution in [-0.4, -0.2) is 29.2 Å². The van der Waals surface area contributed by atoms with Crippen molar-refractivity contribution in [1.82, 2.24) is 4.90 Å². The number of alkyl halides is 1. The summed E-state index contributed by atoms with van der Waals surface area (Å²) in [6.07, 6.45) is 2.76. The first-order valence-corrected chi connectivity index (χ1v) is 4.93. The Bertz CT molecular complexity index is 234. The highest BCUT2D eigenvalue weighted by molar-refractivity contribution is 14.1. The number of nitriles is 1. The molecule has 1 rings (SSSR count). The Morgan fingerprint density at radius 2 is 2.50 bits per heavy atom. The van der Waals surface area contributed by atoms with Crippen molar-refractivity contribution in [2.75, 3.05) is 14.2 Å². The van der Waals surface area contributed by atoms with Crippen molar-refractivity contribution < 1.29 is 4.74 Å². The summed E-state index contributed by atoms with van der Waals surface area (Å²) in [5, 5.41) is 8.70. The zero-order chi connectivity index (χ0) is 9.14. The molecule has 0 aliphatic carbocycles. The van der Waals surface area contributed by atoms with E-state index in [0.29, 0.717) is 3.92 Å². The first-order chi connectivity index (χ1) is 5.69. The van der Waals surface area contributed by atoms with E-state index in [-0.39, 0.29) is 6.23 Å². The van der Waals surface area contributed by atoms with E-state index in [4.69, 9.17) is 10.00 Å². The second-order valence-electron chi connectivity index (χ2n) is 2.78. The molecule has 66 valence electrons. The first kappa shape index (κ1) is 9.81. The molecule has 0 saturated heterocycles. The molecule has 0 fully saturated rings. The second-order valence-corrected chi connectivity index (χ2v) is 4.38. The molecule has 0 aromatic carbocycles. The molecule has 0 unspecified atom stereocenters. The van der Waals surface area contributed by atoms with Crippen LogP contribution in [0.1, 0.15) is 6.42 Å². The maximum atomic E-state index is 8.70. The fraction of sp³-hybridized carbons (Fsp3) is 0.625. The van der Waals surface area contributed by atoms with Crippen LogP contribution in [0.15, 0.2) is 11.8 Å². The molecular formula is C8H11IN2O. The average Bonchev–Trinajstić information content (AvgIpc) is 2.03. The second kappa shape index (κ2) is 4.10. The number of hydrogen-bond donors (Lipinski definition) is 0. The Kier molecular flexibility index (Phi) is 3.35. The van der Waals surface area contributed by atoms with E-state index in [2.05, 4.69) is 28.7 Å². The average molecular weight is 278 g/mol. The molecule has 0 amide bonds. The van der Waals surface area contributed by atoms with Crippen molar-refractivity contribution in [3.05, 3.63) is 11.8 Å². The molecule has 0 bridgehead atoms. The van der Waals surface area contributed by atoms with Crippen LogP contribution in [0.4, 0.5) is 0 Å². The maximum Gasteiger partial charge on any atom is 0.141 e. The Balaban J connectivity index is 2.77. The molecule has 0 aromatic rings. The van der Waals surface area contributed by atoms with Crippen molar-refractivity contribution in [2.24, 2.45) is 0 Å². The smallest absolute Gasteiger partial charge is 0.141 e. The normalized spacial score (nSPS) is 29.5. The van der Waals surface area contributed by atoms with Gasteiger partial charge >= 0.3 is 0 Å². The lowest BCUT2D eigenvalue weighted by Crippen LogP contribution is -2.40. The number of methoxy groups -OCH3 is 1. The Morgan fingerprint density at radius 1 is 1.83 bits per heavy atom. The topological polar surface area (TPSA) is 36.3 Å². The first-order valence-electron chi connectivity index (χ1n) is 3.68. The van der Waals surface area contributed by atoms with Gasteiger partial charge in [0.15, 0.2) is 0 Å². The summed E-state index contributed by atoms with van der Waals surface area (Å²) in [6, 6.07) is 2.17. The van der Waals surface area contributed by atoms with Crippen LogP contribution in [0.2, 0.25) is 0 Å². The lowest BCUT2D eigenvalue weighted by Gasteiger charge is -2.33. The van der Waals surface area contributed by atoms with Crippen molar-refractivity contribution in [3.63, 3.8) is 0 Å². The van der Waals surface area contributed by atoms with E-state index in [1.165, 1.54) is 0 Å². The summed E-state index contributed by atoms with van der Waals surface area (Å²) in [5.74, 6) is 0. The molecule has 2 atom stereocenters. The number of allylic oxidation sites excluding steroid dienone is 1. The number of halogens is 1. The summed E-state index contributed by atoms with van der Waals surface area (Å²) in [6.45, 7) is 0. The minimum Gasteiger partial charge on any atom is -0.361 e. The van der Waals surface area contributed by atoms with Gasteiger partial charge in [0.1, 0.15) is 6.23 Å². The summed E-state index contributed by atoms with van der Waals surface area (Å²) in [4.78, 5) is 1.94. The van der Waals surface area contributed by atoms with Gasteiger partial charge in [-0.2, -0.15) is 5.26 Å². The van der Waals surface area contributed by atoms with Crippen molar-refractivity contribution >= 4 is 22.6 Å². The van der Waals surface area contributed by atoms with Gasteiger partial charge in [-0.05, 0) is 6.42 Å². The molecule has 3 nitrogen and oxygen atoms in total. The van der Waals surface area contributed by atoms with E-state index in [1.54, 1.807) is 7.11 Å². The molecule has 0 aromatic heterocycles. The van der Waals surface area contributed by atoms with Gasteiger partial charge in [-0.3, -0.25) is 0 Å². The fourth-order valence-corrected chi connectivity index (χ4v) is 2.60. The number of hydrogen-bond acceptors (Lipinski definition) is 3. The lowest BCUT2D eigenvalue weighted by molar-refractivity contribution is 0.00489. The van der Waals surface area contributed by atoms with E-state index in [0.717, 1.165) is 12.0 Å². The van der Waals surface area contributed by atoms with Gasteiger partial charge in [-0.25, -0.2) is 0 Å².